The van der Waals surface area contributed by atoms with Crippen LogP contribution in [0.3, 0.4) is 0 Å². The van der Waals surface area contributed by atoms with Gasteiger partial charge in [-0.1, -0.05) is 73.0 Å². The first kappa shape index (κ1) is 31.9. The molecule has 0 aromatic rings. The van der Waals surface area contributed by atoms with E-state index in [9.17, 15) is 9.90 Å². The normalized spacial score (nSPS) is 39.3. The highest BCUT2D eigenvalue weighted by atomic mass is 16.6. The first-order valence-corrected chi connectivity index (χ1v) is 16.7. The van der Waals surface area contributed by atoms with Crippen LogP contribution in [0.15, 0.2) is 11.6 Å². The zero-order chi connectivity index (χ0) is 29.8. The Morgan fingerprint density at radius 1 is 0.975 bits per heavy atom. The number of aliphatic hydroxyl groups excluding tert-OH is 1. The van der Waals surface area contributed by atoms with Crippen molar-refractivity contribution in [3.8, 4) is 0 Å². The minimum Gasteiger partial charge on any atom is -0.444 e. The predicted molar refractivity (Wildman–Crippen MR) is 166 cm³/mol. The molecule has 4 heteroatoms. The van der Waals surface area contributed by atoms with Crippen LogP contribution in [0, 0.1) is 44.8 Å². The van der Waals surface area contributed by atoms with Crippen molar-refractivity contribution in [2.45, 2.75) is 158 Å². The second-order valence-electron chi connectivity index (χ2n) is 17.5. The molecule has 1 amide bonds. The Kier molecular flexibility index (Phi) is 8.70. The summed E-state index contributed by atoms with van der Waals surface area (Å²) < 4.78 is 5.37. The van der Waals surface area contributed by atoms with Gasteiger partial charge in [0.25, 0.3) is 0 Å². The molecule has 4 aliphatic rings. The third kappa shape index (κ3) is 5.78. The van der Waals surface area contributed by atoms with Gasteiger partial charge in [0.2, 0.25) is 0 Å². The Morgan fingerprint density at radius 2 is 1.68 bits per heavy atom. The van der Waals surface area contributed by atoms with Gasteiger partial charge in [0.15, 0.2) is 0 Å². The zero-order valence-corrected chi connectivity index (χ0v) is 27.8. The molecule has 0 heterocycles. The maximum absolute atomic E-state index is 12.0. The summed E-state index contributed by atoms with van der Waals surface area (Å²) in [6.07, 6.45) is 16.8. The Bertz CT molecular complexity index is 960. The first-order valence-electron chi connectivity index (χ1n) is 16.7. The van der Waals surface area contributed by atoms with Crippen LogP contribution in [0.4, 0.5) is 4.79 Å². The molecule has 0 radical (unpaired) electrons. The maximum atomic E-state index is 12.0. The van der Waals surface area contributed by atoms with Crippen LogP contribution in [0.1, 0.15) is 146 Å². The monoisotopic (exact) mass is 557 g/mol. The average Bonchev–Trinajstić information content (AvgIpc) is 2.80. The molecule has 0 aromatic heterocycles. The van der Waals surface area contributed by atoms with Crippen LogP contribution in [0.25, 0.3) is 0 Å². The quantitative estimate of drug-likeness (QED) is 0.242. The molecule has 0 bridgehead atoms. The number of amides is 1. The highest BCUT2D eigenvalue weighted by Gasteiger charge is 2.66. The van der Waals surface area contributed by atoms with Crippen molar-refractivity contribution in [1.29, 1.82) is 0 Å². The molecule has 4 aliphatic carbocycles. The van der Waals surface area contributed by atoms with E-state index in [1.165, 1.54) is 57.8 Å². The van der Waals surface area contributed by atoms with Crippen LogP contribution >= 0.6 is 0 Å². The van der Waals surface area contributed by atoms with E-state index in [4.69, 9.17) is 4.74 Å². The van der Waals surface area contributed by atoms with E-state index < -0.39 is 5.60 Å². The van der Waals surface area contributed by atoms with Gasteiger partial charge in [-0.25, -0.2) is 4.79 Å². The van der Waals surface area contributed by atoms with Crippen molar-refractivity contribution in [3.05, 3.63) is 11.6 Å². The standard InChI is InChI=1S/C36H63NO3/c1-31(2,3)40-30(39)37-23-12-11-19-32(4,5)24-25-14-13-20-35(9)26(25)15-16-28-34(8)21-18-29(38)33(6,7)27(34)17-22-36(28,35)10/h15,25,27-29,38H,11-14,16-24H2,1-10H3,(H,37,39)/t25-,27-,28+,29?,34-,35+,36+/m0/s1. The first-order chi connectivity index (χ1) is 18.4. The van der Waals surface area contributed by atoms with Gasteiger partial charge in [-0.2, -0.15) is 0 Å². The highest BCUT2D eigenvalue weighted by molar-refractivity contribution is 5.67. The summed E-state index contributed by atoms with van der Waals surface area (Å²) >= 11 is 0. The summed E-state index contributed by atoms with van der Waals surface area (Å²) in [4.78, 5) is 12.0. The number of alkyl carbamates (subject to hydrolysis) is 1. The third-order valence-corrected chi connectivity index (χ3v) is 12.9. The minimum atomic E-state index is -0.446. The second kappa shape index (κ2) is 10.9. The van der Waals surface area contributed by atoms with E-state index >= 15 is 0 Å². The van der Waals surface area contributed by atoms with Gasteiger partial charge in [0, 0.05) is 6.54 Å². The van der Waals surface area contributed by atoms with Crippen molar-refractivity contribution < 1.29 is 14.6 Å². The van der Waals surface area contributed by atoms with E-state index in [2.05, 4.69) is 59.9 Å². The number of allylic oxidation sites excluding steroid dienone is 2. The van der Waals surface area contributed by atoms with Gasteiger partial charge < -0.3 is 15.2 Å². The van der Waals surface area contributed by atoms with E-state index in [0.717, 1.165) is 19.3 Å². The predicted octanol–water partition coefficient (Wildman–Crippen LogP) is 9.45. The molecule has 3 saturated carbocycles. The Morgan fingerprint density at radius 3 is 2.35 bits per heavy atom. The van der Waals surface area contributed by atoms with Crippen molar-refractivity contribution in [1.82, 2.24) is 5.32 Å². The van der Waals surface area contributed by atoms with Crippen molar-refractivity contribution in [2.75, 3.05) is 6.54 Å². The topological polar surface area (TPSA) is 58.6 Å². The summed E-state index contributed by atoms with van der Waals surface area (Å²) in [6.45, 7) is 24.0. The van der Waals surface area contributed by atoms with Crippen LogP contribution < -0.4 is 5.32 Å². The lowest BCUT2D eigenvalue weighted by molar-refractivity contribution is -0.198. The molecule has 4 nitrogen and oxygen atoms in total. The number of nitrogens with one attached hydrogen (secondary N) is 1. The fourth-order valence-corrected chi connectivity index (χ4v) is 10.6. The summed E-state index contributed by atoms with van der Waals surface area (Å²) in [5, 5.41) is 13.9. The third-order valence-electron chi connectivity index (χ3n) is 12.9. The summed E-state index contributed by atoms with van der Waals surface area (Å²) in [7, 11) is 0. The molecule has 2 N–H and O–H groups in total. The molecule has 40 heavy (non-hydrogen) atoms. The number of carbonyl (C=O) groups is 1. The van der Waals surface area contributed by atoms with Gasteiger partial charge in [0.05, 0.1) is 6.10 Å². The number of hydrogen-bond donors (Lipinski definition) is 2. The zero-order valence-electron chi connectivity index (χ0n) is 27.8. The second-order valence-corrected chi connectivity index (χ2v) is 17.5. The molecular formula is C36H63NO3. The van der Waals surface area contributed by atoms with E-state index in [1.54, 1.807) is 5.57 Å². The number of carbonyl (C=O) groups excluding carboxylic acids is 1. The van der Waals surface area contributed by atoms with Crippen LogP contribution in [-0.4, -0.2) is 29.4 Å². The smallest absolute Gasteiger partial charge is 0.407 e. The molecule has 230 valence electrons. The van der Waals surface area contributed by atoms with E-state index in [-0.39, 0.29) is 17.6 Å². The molecule has 3 fully saturated rings. The van der Waals surface area contributed by atoms with Crippen LogP contribution in [0.5, 0.6) is 0 Å². The Hall–Kier alpha value is -1.03. The van der Waals surface area contributed by atoms with Gasteiger partial charge in [0.1, 0.15) is 5.60 Å². The fourth-order valence-electron chi connectivity index (χ4n) is 10.6. The summed E-state index contributed by atoms with van der Waals surface area (Å²) in [5.74, 6) is 2.02. The van der Waals surface area contributed by atoms with Gasteiger partial charge >= 0.3 is 6.09 Å². The molecule has 0 saturated heterocycles. The number of rotatable bonds is 7. The Balaban J connectivity index is 1.42. The SMILES string of the molecule is CC(C)(CCCCNC(=O)OC(C)(C)C)C[C@@H]1CCC[C@]2(C)C1=CC[C@@H]1[C@@]3(C)CCC(O)C(C)(C)[C@@H]3CC[C@]12C. The van der Waals surface area contributed by atoms with E-state index in [1.807, 2.05) is 20.8 Å². The minimum absolute atomic E-state index is 0.0147. The molecule has 7 atom stereocenters. The molecule has 0 spiro atoms. The molecule has 0 aliphatic heterocycles. The van der Waals surface area contributed by atoms with Gasteiger partial charge in [-0.3, -0.25) is 0 Å². The molecule has 4 rings (SSSR count). The van der Waals surface area contributed by atoms with Crippen LogP contribution in [0.2, 0.25) is 0 Å². The average molecular weight is 558 g/mol. The van der Waals surface area contributed by atoms with Gasteiger partial charge in [-0.15, -0.1) is 0 Å². The Labute approximate surface area is 246 Å². The number of unbranched alkanes of at least 4 members (excludes halogenated alkanes) is 1. The number of fused-ring (bicyclic) bond motifs is 5. The number of aliphatic hydroxyl groups is 1. The number of hydrogen-bond acceptors (Lipinski definition) is 3. The lowest BCUT2D eigenvalue weighted by Crippen LogP contribution is -2.63. The molecule has 0 aromatic carbocycles. The van der Waals surface area contributed by atoms with Crippen LogP contribution in [-0.2, 0) is 4.74 Å². The van der Waals surface area contributed by atoms with Crippen molar-refractivity contribution in [2.24, 2.45) is 44.8 Å². The number of ether oxygens (including phenoxy) is 1. The van der Waals surface area contributed by atoms with Crippen molar-refractivity contribution in [3.63, 3.8) is 0 Å². The lowest BCUT2D eigenvalue weighted by Gasteiger charge is -2.70. The van der Waals surface area contributed by atoms with Gasteiger partial charge in [-0.05, 0) is 130 Å². The van der Waals surface area contributed by atoms with E-state index in [0.29, 0.717) is 46.0 Å². The van der Waals surface area contributed by atoms with Crippen molar-refractivity contribution >= 4 is 6.09 Å². The lowest BCUT2D eigenvalue weighted by atomic mass is 9.35. The molecule has 1 unspecified atom stereocenters. The fraction of sp³-hybridized carbons (Fsp3) is 0.917. The highest BCUT2D eigenvalue weighted by Crippen LogP contribution is 2.73. The molecular weight excluding hydrogens is 494 g/mol. The largest absolute Gasteiger partial charge is 0.444 e. The summed E-state index contributed by atoms with van der Waals surface area (Å²) in [5.41, 5.74) is 2.62. The maximum Gasteiger partial charge on any atom is 0.407 e. The summed E-state index contributed by atoms with van der Waals surface area (Å²) in [6, 6.07) is 0.